The van der Waals surface area contributed by atoms with E-state index in [1.54, 1.807) is 14.1 Å². The van der Waals surface area contributed by atoms with Crippen LogP contribution in [-0.4, -0.2) is 35.9 Å². The number of benzene rings is 2. The first kappa shape index (κ1) is 14.1. The van der Waals surface area contributed by atoms with Gasteiger partial charge in [-0.15, -0.1) is 0 Å². The zero-order chi connectivity index (χ0) is 14.7. The Bertz CT molecular complexity index is 646. The van der Waals surface area contributed by atoms with Crippen molar-refractivity contribution in [3.63, 3.8) is 0 Å². The van der Waals surface area contributed by atoms with E-state index in [2.05, 4.69) is 0 Å². The van der Waals surface area contributed by atoms with Gasteiger partial charge in [-0.2, -0.15) is 0 Å². The molecule has 0 aliphatic rings. The topological polar surface area (TPSA) is 40.6 Å². The molecule has 0 unspecified atom stereocenters. The van der Waals surface area contributed by atoms with Crippen LogP contribution in [0, 0.1) is 0 Å². The standard InChI is InChI=1S/C16H18N2O2/c1-12(19)17(2)18(3)16(20)11-14-9-6-8-13-7-4-5-10-15(13)14/h4-10H,11H2,1-3H3. The Morgan fingerprint density at radius 2 is 1.60 bits per heavy atom. The highest BCUT2D eigenvalue weighted by atomic mass is 16.2. The Labute approximate surface area is 118 Å². The van der Waals surface area contributed by atoms with Crippen molar-refractivity contribution in [1.82, 2.24) is 10.0 Å². The van der Waals surface area contributed by atoms with Crippen LogP contribution in [-0.2, 0) is 16.0 Å². The fraction of sp³-hybridized carbons (Fsp3) is 0.250. The predicted octanol–water partition coefficient (Wildman–Crippen LogP) is 2.23. The van der Waals surface area contributed by atoms with E-state index in [-0.39, 0.29) is 18.2 Å². The van der Waals surface area contributed by atoms with Crippen molar-refractivity contribution in [2.75, 3.05) is 14.1 Å². The number of nitrogens with zero attached hydrogens (tertiary/aromatic N) is 2. The molecular weight excluding hydrogens is 252 g/mol. The second-order valence-electron chi connectivity index (χ2n) is 4.78. The summed E-state index contributed by atoms with van der Waals surface area (Å²) >= 11 is 0. The first-order valence-corrected chi connectivity index (χ1v) is 6.48. The van der Waals surface area contributed by atoms with E-state index in [4.69, 9.17) is 0 Å². The van der Waals surface area contributed by atoms with Gasteiger partial charge in [-0.3, -0.25) is 19.6 Å². The third-order valence-electron chi connectivity index (χ3n) is 3.49. The van der Waals surface area contributed by atoms with Gasteiger partial charge in [0, 0.05) is 21.0 Å². The van der Waals surface area contributed by atoms with E-state index in [9.17, 15) is 9.59 Å². The van der Waals surface area contributed by atoms with Gasteiger partial charge in [0.05, 0.1) is 6.42 Å². The second kappa shape index (κ2) is 5.74. The van der Waals surface area contributed by atoms with Crippen molar-refractivity contribution >= 4 is 22.6 Å². The van der Waals surface area contributed by atoms with E-state index in [1.807, 2.05) is 42.5 Å². The summed E-state index contributed by atoms with van der Waals surface area (Å²) in [5, 5.41) is 4.85. The maximum absolute atomic E-state index is 12.2. The van der Waals surface area contributed by atoms with Crippen LogP contribution in [0.3, 0.4) is 0 Å². The molecule has 0 aliphatic carbocycles. The summed E-state index contributed by atoms with van der Waals surface area (Å²) in [4.78, 5) is 23.5. The van der Waals surface area contributed by atoms with Crippen molar-refractivity contribution in [3.05, 3.63) is 48.0 Å². The van der Waals surface area contributed by atoms with Gasteiger partial charge >= 0.3 is 0 Å². The fourth-order valence-electron chi connectivity index (χ4n) is 2.10. The van der Waals surface area contributed by atoms with E-state index < -0.39 is 0 Å². The van der Waals surface area contributed by atoms with Crippen LogP contribution in [0.4, 0.5) is 0 Å². The minimum absolute atomic E-state index is 0.112. The summed E-state index contributed by atoms with van der Waals surface area (Å²) in [6.45, 7) is 1.43. The van der Waals surface area contributed by atoms with E-state index in [0.29, 0.717) is 0 Å². The van der Waals surface area contributed by atoms with Crippen LogP contribution in [0.25, 0.3) is 10.8 Å². The molecule has 20 heavy (non-hydrogen) atoms. The number of carbonyl (C=O) groups is 2. The van der Waals surface area contributed by atoms with Crippen molar-refractivity contribution < 1.29 is 9.59 Å². The van der Waals surface area contributed by atoms with Gasteiger partial charge in [-0.1, -0.05) is 42.5 Å². The summed E-state index contributed by atoms with van der Waals surface area (Å²) < 4.78 is 0. The molecule has 2 rings (SSSR count). The van der Waals surface area contributed by atoms with Crippen LogP contribution in [0.2, 0.25) is 0 Å². The molecule has 0 aliphatic heterocycles. The molecular formula is C16H18N2O2. The van der Waals surface area contributed by atoms with Gasteiger partial charge in [-0.05, 0) is 16.3 Å². The third kappa shape index (κ3) is 2.79. The predicted molar refractivity (Wildman–Crippen MR) is 78.9 cm³/mol. The van der Waals surface area contributed by atoms with Crippen molar-refractivity contribution in [1.29, 1.82) is 0 Å². The average Bonchev–Trinajstić information content (AvgIpc) is 2.46. The number of carbonyl (C=O) groups excluding carboxylic acids is 2. The number of hydrogen-bond donors (Lipinski definition) is 0. The van der Waals surface area contributed by atoms with Crippen molar-refractivity contribution in [2.24, 2.45) is 0 Å². The first-order chi connectivity index (χ1) is 9.50. The molecule has 0 spiro atoms. The minimum atomic E-state index is -0.168. The highest BCUT2D eigenvalue weighted by molar-refractivity contribution is 5.90. The molecule has 0 radical (unpaired) electrons. The molecule has 0 aromatic heterocycles. The van der Waals surface area contributed by atoms with Crippen LogP contribution in [0.5, 0.6) is 0 Å². The summed E-state index contributed by atoms with van der Waals surface area (Å²) in [6.07, 6.45) is 0.273. The zero-order valence-electron chi connectivity index (χ0n) is 12.0. The molecule has 0 bridgehead atoms. The van der Waals surface area contributed by atoms with Crippen molar-refractivity contribution in [3.8, 4) is 0 Å². The molecule has 4 heteroatoms. The Morgan fingerprint density at radius 3 is 2.30 bits per heavy atom. The number of hydrogen-bond acceptors (Lipinski definition) is 2. The maximum atomic E-state index is 12.2. The monoisotopic (exact) mass is 270 g/mol. The molecule has 0 fully saturated rings. The minimum Gasteiger partial charge on any atom is -0.273 e. The molecule has 2 aromatic carbocycles. The molecule has 2 amide bonds. The van der Waals surface area contributed by atoms with Crippen LogP contribution in [0.15, 0.2) is 42.5 Å². The first-order valence-electron chi connectivity index (χ1n) is 6.48. The largest absolute Gasteiger partial charge is 0.273 e. The molecule has 0 saturated heterocycles. The lowest BCUT2D eigenvalue weighted by molar-refractivity contribution is -0.155. The smallest absolute Gasteiger partial charge is 0.245 e. The molecule has 104 valence electrons. The van der Waals surface area contributed by atoms with E-state index in [1.165, 1.54) is 16.9 Å². The molecule has 0 saturated carbocycles. The van der Waals surface area contributed by atoms with Gasteiger partial charge < -0.3 is 0 Å². The highest BCUT2D eigenvalue weighted by Crippen LogP contribution is 2.19. The van der Waals surface area contributed by atoms with Crippen LogP contribution in [0.1, 0.15) is 12.5 Å². The van der Waals surface area contributed by atoms with Gasteiger partial charge in [0.15, 0.2) is 0 Å². The normalized spacial score (nSPS) is 10.3. The highest BCUT2D eigenvalue weighted by Gasteiger charge is 2.16. The van der Waals surface area contributed by atoms with Gasteiger partial charge in [0.2, 0.25) is 11.8 Å². The number of fused-ring (bicyclic) bond motifs is 1. The lowest BCUT2D eigenvalue weighted by Crippen LogP contribution is -2.44. The molecule has 4 nitrogen and oxygen atoms in total. The SMILES string of the molecule is CC(=O)N(C)N(C)C(=O)Cc1cccc2ccccc12. The molecule has 0 N–H and O–H groups in total. The Hall–Kier alpha value is -2.36. The Balaban J connectivity index is 2.24. The molecule has 2 aromatic rings. The Morgan fingerprint density at radius 1 is 0.950 bits per heavy atom. The summed E-state index contributed by atoms with van der Waals surface area (Å²) in [5.74, 6) is -0.280. The Kier molecular flexibility index (Phi) is 4.03. The number of likely N-dealkylation sites (N-methyl/N-ethyl adjacent to an activating group) is 1. The van der Waals surface area contributed by atoms with Crippen LogP contribution < -0.4 is 0 Å². The summed E-state index contributed by atoms with van der Waals surface area (Å²) in [5.41, 5.74) is 0.969. The van der Waals surface area contributed by atoms with Gasteiger partial charge in [0.1, 0.15) is 0 Å². The zero-order valence-corrected chi connectivity index (χ0v) is 12.0. The third-order valence-corrected chi connectivity index (χ3v) is 3.49. The maximum Gasteiger partial charge on any atom is 0.245 e. The fourth-order valence-corrected chi connectivity index (χ4v) is 2.10. The van der Waals surface area contributed by atoms with Gasteiger partial charge in [0.25, 0.3) is 0 Å². The van der Waals surface area contributed by atoms with Crippen LogP contribution >= 0.6 is 0 Å². The quantitative estimate of drug-likeness (QED) is 0.785. The number of rotatable bonds is 2. The lowest BCUT2D eigenvalue weighted by atomic mass is 10.0. The van der Waals surface area contributed by atoms with Crippen molar-refractivity contribution in [2.45, 2.75) is 13.3 Å². The van der Waals surface area contributed by atoms with E-state index >= 15 is 0 Å². The van der Waals surface area contributed by atoms with Gasteiger partial charge in [-0.25, -0.2) is 0 Å². The van der Waals surface area contributed by atoms with E-state index in [0.717, 1.165) is 16.3 Å². The summed E-state index contributed by atoms with van der Waals surface area (Å²) in [7, 11) is 3.19. The average molecular weight is 270 g/mol. The lowest BCUT2D eigenvalue weighted by Gasteiger charge is -2.27. The number of amides is 2. The summed E-state index contributed by atoms with van der Waals surface area (Å²) in [6, 6.07) is 13.9. The molecule has 0 heterocycles. The molecule has 0 atom stereocenters. The second-order valence-corrected chi connectivity index (χ2v) is 4.78. The number of hydrazine groups is 1.